The van der Waals surface area contributed by atoms with Gasteiger partial charge in [-0.2, -0.15) is 0 Å². The van der Waals surface area contributed by atoms with E-state index in [4.69, 9.17) is 5.11 Å². The predicted octanol–water partition coefficient (Wildman–Crippen LogP) is 3.63. The summed E-state index contributed by atoms with van der Waals surface area (Å²) in [5.74, 6) is -0.905. The molecule has 0 unspecified atom stereocenters. The molecule has 0 aliphatic rings. The minimum absolute atomic E-state index is 0.322. The van der Waals surface area contributed by atoms with E-state index in [-0.39, 0.29) is 0 Å². The molecular formula is C8H6Br2O2S. The summed E-state index contributed by atoms with van der Waals surface area (Å²) in [4.78, 5) is 11.5. The summed E-state index contributed by atoms with van der Waals surface area (Å²) in [6, 6.07) is 3.30. The van der Waals surface area contributed by atoms with Crippen LogP contribution >= 0.6 is 43.6 Å². The van der Waals surface area contributed by atoms with Gasteiger partial charge in [-0.15, -0.1) is 11.8 Å². The van der Waals surface area contributed by atoms with E-state index in [1.807, 2.05) is 6.26 Å². The van der Waals surface area contributed by atoms with Gasteiger partial charge in [0.05, 0.1) is 5.56 Å². The van der Waals surface area contributed by atoms with Crippen molar-refractivity contribution in [2.75, 3.05) is 6.26 Å². The first-order chi connectivity index (χ1) is 6.07. The Hall–Kier alpha value is -0.000000000000000111. The van der Waals surface area contributed by atoms with Gasteiger partial charge < -0.3 is 5.11 Å². The Morgan fingerprint density at radius 1 is 1.46 bits per heavy atom. The fraction of sp³-hybridized carbons (Fsp3) is 0.125. The Morgan fingerprint density at radius 2 is 2.08 bits per heavy atom. The van der Waals surface area contributed by atoms with Crippen molar-refractivity contribution >= 4 is 49.6 Å². The van der Waals surface area contributed by atoms with Crippen LogP contribution in [0.3, 0.4) is 0 Å². The molecule has 0 atom stereocenters. The second-order valence-corrected chi connectivity index (χ2v) is 4.71. The van der Waals surface area contributed by atoms with Crippen molar-refractivity contribution in [2.24, 2.45) is 0 Å². The molecule has 0 aliphatic carbocycles. The van der Waals surface area contributed by atoms with Crippen LogP contribution in [0.4, 0.5) is 0 Å². The van der Waals surface area contributed by atoms with Crippen molar-refractivity contribution in [1.82, 2.24) is 0 Å². The third-order valence-corrected chi connectivity index (χ3v) is 4.60. The fourth-order valence-electron chi connectivity index (χ4n) is 0.900. The molecule has 0 amide bonds. The van der Waals surface area contributed by atoms with E-state index in [2.05, 4.69) is 31.9 Å². The van der Waals surface area contributed by atoms with E-state index in [0.29, 0.717) is 5.56 Å². The molecule has 0 bridgehead atoms. The summed E-state index contributed by atoms with van der Waals surface area (Å²) in [5.41, 5.74) is 0.322. The Kier molecular flexibility index (Phi) is 3.82. The molecule has 0 heterocycles. The number of thioether (sulfide) groups is 1. The smallest absolute Gasteiger partial charge is 0.336 e. The molecule has 0 saturated heterocycles. The van der Waals surface area contributed by atoms with Gasteiger partial charge >= 0.3 is 5.97 Å². The Labute approximate surface area is 97.0 Å². The average Bonchev–Trinajstić information content (AvgIpc) is 2.09. The third kappa shape index (κ3) is 2.27. The topological polar surface area (TPSA) is 37.3 Å². The number of aromatic carboxylic acids is 1. The molecule has 1 aromatic rings. The highest BCUT2D eigenvalue weighted by Gasteiger charge is 2.13. The highest BCUT2D eigenvalue weighted by atomic mass is 79.9. The van der Waals surface area contributed by atoms with Crippen LogP contribution in [-0.4, -0.2) is 17.3 Å². The van der Waals surface area contributed by atoms with Gasteiger partial charge in [0, 0.05) is 13.8 Å². The van der Waals surface area contributed by atoms with Crippen molar-refractivity contribution in [3.05, 3.63) is 26.6 Å². The van der Waals surface area contributed by atoms with Crippen LogP contribution in [0.2, 0.25) is 0 Å². The molecule has 0 saturated carbocycles. The van der Waals surface area contributed by atoms with E-state index < -0.39 is 5.97 Å². The molecule has 70 valence electrons. The predicted molar refractivity (Wildman–Crippen MR) is 60.6 cm³/mol. The van der Waals surface area contributed by atoms with Gasteiger partial charge in [-0.1, -0.05) is 0 Å². The first-order valence-electron chi connectivity index (χ1n) is 3.33. The fourth-order valence-corrected chi connectivity index (χ4v) is 2.86. The standard InChI is InChI=1S/C8H6Br2O2S/c1-13-7-4(8(11)12)2-3-5(9)6(7)10/h2-3H,1H3,(H,11,12). The van der Waals surface area contributed by atoms with E-state index in [1.165, 1.54) is 11.8 Å². The van der Waals surface area contributed by atoms with E-state index in [9.17, 15) is 4.79 Å². The van der Waals surface area contributed by atoms with Crippen molar-refractivity contribution in [1.29, 1.82) is 0 Å². The molecule has 5 heteroatoms. The van der Waals surface area contributed by atoms with Crippen LogP contribution in [0, 0.1) is 0 Å². The maximum atomic E-state index is 10.8. The molecule has 0 aliphatic heterocycles. The normalized spacial score (nSPS) is 10.1. The molecule has 2 nitrogen and oxygen atoms in total. The lowest BCUT2D eigenvalue weighted by Gasteiger charge is -2.06. The summed E-state index contributed by atoms with van der Waals surface area (Å²) in [6.45, 7) is 0. The zero-order valence-electron chi connectivity index (χ0n) is 6.67. The van der Waals surface area contributed by atoms with Gasteiger partial charge in [0.2, 0.25) is 0 Å². The molecular weight excluding hydrogens is 320 g/mol. The molecule has 1 aromatic carbocycles. The van der Waals surface area contributed by atoms with Gasteiger partial charge in [0.25, 0.3) is 0 Å². The SMILES string of the molecule is CSc1c(C(=O)O)ccc(Br)c1Br. The lowest BCUT2D eigenvalue weighted by atomic mass is 10.2. The number of carboxylic acids is 1. The zero-order valence-corrected chi connectivity index (χ0v) is 10.7. The minimum atomic E-state index is -0.905. The highest BCUT2D eigenvalue weighted by Crippen LogP contribution is 2.35. The van der Waals surface area contributed by atoms with Crippen LogP contribution in [-0.2, 0) is 0 Å². The van der Waals surface area contributed by atoms with E-state index in [1.54, 1.807) is 12.1 Å². The van der Waals surface area contributed by atoms with Crippen molar-refractivity contribution in [3.8, 4) is 0 Å². The second-order valence-electron chi connectivity index (χ2n) is 2.25. The second kappa shape index (κ2) is 4.48. The number of hydrogen-bond acceptors (Lipinski definition) is 2. The average molecular weight is 326 g/mol. The highest BCUT2D eigenvalue weighted by molar-refractivity contribution is 9.13. The van der Waals surface area contributed by atoms with Gasteiger partial charge in [0.1, 0.15) is 0 Å². The summed E-state index contributed by atoms with van der Waals surface area (Å²) >= 11 is 8.05. The van der Waals surface area contributed by atoms with Crippen LogP contribution in [0.5, 0.6) is 0 Å². The van der Waals surface area contributed by atoms with Crippen molar-refractivity contribution in [2.45, 2.75) is 4.90 Å². The van der Waals surface area contributed by atoms with Crippen molar-refractivity contribution < 1.29 is 9.90 Å². The zero-order chi connectivity index (χ0) is 10.0. The first kappa shape index (κ1) is 11.1. The lowest BCUT2D eigenvalue weighted by Crippen LogP contribution is -1.99. The van der Waals surface area contributed by atoms with Gasteiger partial charge in [-0.25, -0.2) is 4.79 Å². The van der Waals surface area contributed by atoms with Crippen LogP contribution in [0.25, 0.3) is 0 Å². The van der Waals surface area contributed by atoms with Crippen LogP contribution < -0.4 is 0 Å². The number of carbonyl (C=O) groups is 1. The molecule has 0 radical (unpaired) electrons. The molecule has 13 heavy (non-hydrogen) atoms. The maximum Gasteiger partial charge on any atom is 0.336 e. The molecule has 1 N–H and O–H groups in total. The largest absolute Gasteiger partial charge is 0.478 e. The van der Waals surface area contributed by atoms with Gasteiger partial charge in [0.15, 0.2) is 0 Å². The van der Waals surface area contributed by atoms with Crippen LogP contribution in [0.1, 0.15) is 10.4 Å². The third-order valence-electron chi connectivity index (χ3n) is 1.48. The number of benzene rings is 1. The molecule has 0 aromatic heterocycles. The maximum absolute atomic E-state index is 10.8. The Balaban J connectivity index is 3.38. The summed E-state index contributed by atoms with van der Waals surface area (Å²) < 4.78 is 1.65. The molecule has 1 rings (SSSR count). The monoisotopic (exact) mass is 324 g/mol. The Morgan fingerprint density at radius 3 is 2.54 bits per heavy atom. The molecule has 0 spiro atoms. The van der Waals surface area contributed by atoms with Gasteiger partial charge in [-0.05, 0) is 50.2 Å². The van der Waals surface area contributed by atoms with E-state index >= 15 is 0 Å². The summed E-state index contributed by atoms with van der Waals surface area (Å²) in [5, 5.41) is 8.86. The number of hydrogen-bond donors (Lipinski definition) is 1. The van der Waals surface area contributed by atoms with Gasteiger partial charge in [-0.3, -0.25) is 0 Å². The van der Waals surface area contributed by atoms with Crippen LogP contribution in [0.15, 0.2) is 26.0 Å². The lowest BCUT2D eigenvalue weighted by molar-refractivity contribution is 0.0693. The number of halogens is 2. The first-order valence-corrected chi connectivity index (χ1v) is 6.14. The van der Waals surface area contributed by atoms with Crippen molar-refractivity contribution in [3.63, 3.8) is 0 Å². The minimum Gasteiger partial charge on any atom is -0.478 e. The quantitative estimate of drug-likeness (QED) is 0.844. The Bertz CT molecular complexity index is 352. The molecule has 0 fully saturated rings. The summed E-state index contributed by atoms with van der Waals surface area (Å²) in [6.07, 6.45) is 1.85. The number of rotatable bonds is 2. The number of carboxylic acid groups (broad SMARTS) is 1. The summed E-state index contributed by atoms with van der Waals surface area (Å²) in [7, 11) is 0. The van der Waals surface area contributed by atoms with E-state index in [0.717, 1.165) is 13.8 Å².